The first-order valence-electron chi connectivity index (χ1n) is 6.93. The van der Waals surface area contributed by atoms with Crippen LogP contribution in [0.1, 0.15) is 25.8 Å². The summed E-state index contributed by atoms with van der Waals surface area (Å²) in [4.78, 5) is 12.2. The van der Waals surface area contributed by atoms with Gasteiger partial charge in [-0.15, -0.1) is 0 Å². The first kappa shape index (κ1) is 18.4. The topological polar surface area (TPSA) is 55.8 Å². The lowest BCUT2D eigenvalue weighted by Gasteiger charge is -2.34. The maximum absolute atomic E-state index is 13.7. The molecule has 1 saturated heterocycles. The lowest BCUT2D eigenvalue weighted by Crippen LogP contribution is -2.49. The summed E-state index contributed by atoms with van der Waals surface area (Å²) < 4.78 is 76.6. The van der Waals surface area contributed by atoms with E-state index in [1.165, 1.54) is 6.92 Å². The maximum Gasteiger partial charge on any atom is 0.417 e. The monoisotopic (exact) mass is 354 g/mol. The molecule has 134 valence electrons. The van der Waals surface area contributed by atoms with Gasteiger partial charge < -0.3 is 14.6 Å². The molecule has 4 nitrogen and oxygen atoms in total. The lowest BCUT2D eigenvalue weighted by atomic mass is 9.83. The molecule has 1 fully saturated rings. The van der Waals surface area contributed by atoms with Crippen molar-refractivity contribution in [2.24, 2.45) is 5.92 Å². The molecule has 1 aromatic rings. The molecule has 24 heavy (non-hydrogen) atoms. The highest BCUT2D eigenvalue weighted by atomic mass is 19.4. The SMILES string of the molecule is COC(=O)C1(c2ccc(F)c(F)c2O)CC(C)C(C)(C(F)(F)F)O1. The van der Waals surface area contributed by atoms with Gasteiger partial charge in [0.05, 0.1) is 7.11 Å². The minimum absolute atomic E-state index is 0.533. The molecule has 0 amide bonds. The van der Waals surface area contributed by atoms with E-state index in [1.807, 2.05) is 0 Å². The smallest absolute Gasteiger partial charge is 0.417 e. The van der Waals surface area contributed by atoms with E-state index in [0.717, 1.165) is 20.1 Å². The van der Waals surface area contributed by atoms with Gasteiger partial charge in [-0.3, -0.25) is 0 Å². The number of ether oxygens (including phenoxy) is 2. The maximum atomic E-state index is 13.7. The van der Waals surface area contributed by atoms with Crippen molar-refractivity contribution in [2.75, 3.05) is 7.11 Å². The van der Waals surface area contributed by atoms with Crippen LogP contribution in [0.3, 0.4) is 0 Å². The Labute approximate surface area is 134 Å². The van der Waals surface area contributed by atoms with Gasteiger partial charge in [-0.2, -0.15) is 17.6 Å². The number of hydrogen-bond acceptors (Lipinski definition) is 4. The Hall–Kier alpha value is -1.90. The van der Waals surface area contributed by atoms with E-state index in [4.69, 9.17) is 4.74 Å². The molecule has 0 saturated carbocycles. The number of aromatic hydroxyl groups is 1. The fraction of sp³-hybridized carbons (Fsp3) is 0.533. The van der Waals surface area contributed by atoms with Gasteiger partial charge in [-0.1, -0.05) is 6.92 Å². The number of methoxy groups -OCH3 is 1. The second kappa shape index (κ2) is 5.58. The number of halogens is 5. The Morgan fingerprint density at radius 3 is 2.42 bits per heavy atom. The number of carbonyl (C=O) groups excluding carboxylic acids is 1. The van der Waals surface area contributed by atoms with Crippen molar-refractivity contribution in [2.45, 2.75) is 37.6 Å². The zero-order chi connectivity index (χ0) is 18.5. The van der Waals surface area contributed by atoms with Gasteiger partial charge in [0.2, 0.25) is 5.82 Å². The number of carbonyl (C=O) groups is 1. The summed E-state index contributed by atoms with van der Waals surface area (Å²) in [6, 6.07) is 1.39. The molecular weight excluding hydrogens is 339 g/mol. The molecule has 3 atom stereocenters. The molecular formula is C15H15F5O4. The highest BCUT2D eigenvalue weighted by Gasteiger charge is 2.68. The van der Waals surface area contributed by atoms with Gasteiger partial charge in [0.15, 0.2) is 22.8 Å². The van der Waals surface area contributed by atoms with Crippen LogP contribution in [-0.4, -0.2) is 30.0 Å². The second-order valence-corrected chi connectivity index (χ2v) is 5.89. The van der Waals surface area contributed by atoms with E-state index in [0.29, 0.717) is 6.07 Å². The molecule has 3 unspecified atom stereocenters. The fourth-order valence-corrected chi connectivity index (χ4v) is 2.90. The van der Waals surface area contributed by atoms with Gasteiger partial charge in [-0.05, 0) is 31.4 Å². The Balaban J connectivity index is 2.68. The minimum Gasteiger partial charge on any atom is -0.504 e. The van der Waals surface area contributed by atoms with E-state index < -0.39 is 58.6 Å². The molecule has 1 heterocycles. The largest absolute Gasteiger partial charge is 0.504 e. The number of rotatable bonds is 2. The van der Waals surface area contributed by atoms with Crippen LogP contribution >= 0.6 is 0 Å². The van der Waals surface area contributed by atoms with Crippen molar-refractivity contribution in [1.82, 2.24) is 0 Å². The summed E-state index contributed by atoms with van der Waals surface area (Å²) in [6.07, 6.45) is -5.37. The number of hydrogen-bond donors (Lipinski definition) is 1. The number of phenols is 1. The van der Waals surface area contributed by atoms with E-state index in [9.17, 15) is 31.9 Å². The molecule has 0 aliphatic carbocycles. The predicted octanol–water partition coefficient (Wildman–Crippen LogP) is 3.42. The third-order valence-corrected chi connectivity index (χ3v) is 4.50. The van der Waals surface area contributed by atoms with Gasteiger partial charge >= 0.3 is 12.1 Å². The van der Waals surface area contributed by atoms with E-state index in [1.54, 1.807) is 0 Å². The lowest BCUT2D eigenvalue weighted by molar-refractivity contribution is -0.288. The number of esters is 1. The van der Waals surface area contributed by atoms with Crippen LogP contribution in [0, 0.1) is 17.6 Å². The highest BCUT2D eigenvalue weighted by molar-refractivity contribution is 5.83. The van der Waals surface area contributed by atoms with E-state index >= 15 is 0 Å². The van der Waals surface area contributed by atoms with Crippen molar-refractivity contribution in [1.29, 1.82) is 0 Å². The average molecular weight is 354 g/mol. The number of alkyl halides is 3. The molecule has 0 bridgehead atoms. The number of benzene rings is 1. The summed E-state index contributed by atoms with van der Waals surface area (Å²) in [5.41, 5.74) is -5.76. The van der Waals surface area contributed by atoms with Crippen molar-refractivity contribution < 1.29 is 41.3 Å². The predicted molar refractivity (Wildman–Crippen MR) is 71.0 cm³/mol. The summed E-state index contributed by atoms with van der Waals surface area (Å²) in [7, 11) is 0.915. The van der Waals surface area contributed by atoms with Gasteiger partial charge in [0, 0.05) is 5.56 Å². The normalized spacial score (nSPS) is 30.4. The Morgan fingerprint density at radius 1 is 1.38 bits per heavy atom. The summed E-state index contributed by atoms with van der Waals surface area (Å²) in [6.45, 7) is 1.95. The first-order valence-corrected chi connectivity index (χ1v) is 6.93. The van der Waals surface area contributed by atoms with Crippen molar-refractivity contribution in [3.8, 4) is 5.75 Å². The third kappa shape index (κ3) is 2.42. The molecule has 9 heteroatoms. The van der Waals surface area contributed by atoms with Gasteiger partial charge in [0.25, 0.3) is 0 Å². The van der Waals surface area contributed by atoms with Crippen molar-refractivity contribution in [3.05, 3.63) is 29.3 Å². The zero-order valence-corrected chi connectivity index (χ0v) is 13.0. The Morgan fingerprint density at radius 2 is 1.96 bits per heavy atom. The second-order valence-electron chi connectivity index (χ2n) is 5.89. The van der Waals surface area contributed by atoms with Crippen molar-refractivity contribution in [3.63, 3.8) is 0 Å². The molecule has 1 N–H and O–H groups in total. The zero-order valence-electron chi connectivity index (χ0n) is 13.0. The van der Waals surface area contributed by atoms with Crippen LogP contribution in [0.25, 0.3) is 0 Å². The molecule has 1 aliphatic heterocycles. The average Bonchev–Trinajstić information content (AvgIpc) is 2.77. The molecule has 0 aromatic heterocycles. The van der Waals surface area contributed by atoms with E-state index in [2.05, 4.69) is 4.74 Å². The molecule has 1 aromatic carbocycles. The van der Waals surface area contributed by atoms with Crippen LogP contribution < -0.4 is 0 Å². The Bertz CT molecular complexity index is 675. The minimum atomic E-state index is -4.84. The fourth-order valence-electron chi connectivity index (χ4n) is 2.90. The van der Waals surface area contributed by atoms with Crippen LogP contribution in [0.4, 0.5) is 22.0 Å². The number of phenolic OH excluding ortho intramolecular Hbond substituents is 1. The molecule has 1 aliphatic rings. The van der Waals surface area contributed by atoms with Crippen LogP contribution in [-0.2, 0) is 19.9 Å². The quantitative estimate of drug-likeness (QED) is 0.653. The molecule has 0 radical (unpaired) electrons. The van der Waals surface area contributed by atoms with Crippen LogP contribution in [0.2, 0.25) is 0 Å². The summed E-state index contributed by atoms with van der Waals surface area (Å²) in [5.74, 6) is -6.86. The Kier molecular flexibility index (Phi) is 4.28. The van der Waals surface area contributed by atoms with E-state index in [-0.39, 0.29) is 0 Å². The van der Waals surface area contributed by atoms with Crippen molar-refractivity contribution >= 4 is 5.97 Å². The standard InChI is InChI=1S/C15H15F5O4/c1-7-6-14(12(22)23-3,24-13(7,2)15(18,19)20)8-4-5-9(16)10(17)11(8)21/h4-5,7,21H,6H2,1-3H3. The highest BCUT2D eigenvalue weighted by Crippen LogP contribution is 2.56. The third-order valence-electron chi connectivity index (χ3n) is 4.50. The van der Waals surface area contributed by atoms with Crippen LogP contribution in [0.15, 0.2) is 12.1 Å². The molecule has 0 spiro atoms. The van der Waals surface area contributed by atoms with Gasteiger partial charge in [-0.25, -0.2) is 9.18 Å². The van der Waals surface area contributed by atoms with Gasteiger partial charge in [0.1, 0.15) is 0 Å². The summed E-state index contributed by atoms with van der Waals surface area (Å²) >= 11 is 0. The van der Waals surface area contributed by atoms with Crippen LogP contribution in [0.5, 0.6) is 5.75 Å². The summed E-state index contributed by atoms with van der Waals surface area (Å²) in [5, 5.41) is 9.82. The first-order chi connectivity index (χ1) is 10.9. The molecule has 2 rings (SSSR count).